The zero-order chi connectivity index (χ0) is 17.5. The number of nitro benzene ring substituents is 1. The van der Waals surface area contributed by atoms with E-state index in [0.29, 0.717) is 12.3 Å². The summed E-state index contributed by atoms with van der Waals surface area (Å²) < 4.78 is 28.9. The highest BCUT2D eigenvalue weighted by Gasteiger charge is 2.58. The Bertz CT molecular complexity index is 760. The van der Waals surface area contributed by atoms with Crippen LogP contribution in [0.4, 0.5) is 11.4 Å². The zero-order valence-electron chi connectivity index (χ0n) is 13.4. The average Bonchev–Trinajstić information content (AvgIpc) is 2.43. The van der Waals surface area contributed by atoms with Crippen molar-refractivity contribution in [2.45, 2.75) is 49.6 Å². The highest BCUT2D eigenvalue weighted by atomic mass is 32.2. The standard InChI is InChI=1S/C15H21N3O5S/c1-2-23-14-9-13(15(14)4-3-5-15)17-10-6-11(18(19)20)8-12(7-10)24(16,21)22/h6-8,13-14,17H,2-5,9H2,1H3,(H2,16,21,22). The second-order valence-corrected chi connectivity index (χ2v) is 8.04. The zero-order valence-corrected chi connectivity index (χ0v) is 14.2. The van der Waals surface area contributed by atoms with Crippen LogP contribution in [-0.2, 0) is 14.8 Å². The van der Waals surface area contributed by atoms with Gasteiger partial charge in [0.25, 0.3) is 5.69 Å². The molecule has 2 saturated carbocycles. The summed E-state index contributed by atoms with van der Waals surface area (Å²) in [7, 11) is -4.01. The van der Waals surface area contributed by atoms with Crippen molar-refractivity contribution in [2.75, 3.05) is 11.9 Å². The molecule has 2 fully saturated rings. The van der Waals surface area contributed by atoms with Crippen LogP contribution >= 0.6 is 0 Å². The van der Waals surface area contributed by atoms with Crippen LogP contribution in [0.1, 0.15) is 32.6 Å². The monoisotopic (exact) mass is 355 g/mol. The normalized spacial score (nSPS) is 24.9. The predicted molar refractivity (Wildman–Crippen MR) is 88.2 cm³/mol. The van der Waals surface area contributed by atoms with Crippen LogP contribution in [-0.4, -0.2) is 32.1 Å². The van der Waals surface area contributed by atoms with E-state index in [0.717, 1.165) is 31.7 Å². The molecule has 0 aromatic heterocycles. The number of ether oxygens (including phenoxy) is 1. The van der Waals surface area contributed by atoms with Gasteiger partial charge in [0, 0.05) is 35.9 Å². The Morgan fingerprint density at radius 1 is 1.42 bits per heavy atom. The van der Waals surface area contributed by atoms with Crippen LogP contribution in [0.3, 0.4) is 0 Å². The van der Waals surface area contributed by atoms with Crippen molar-refractivity contribution in [3.63, 3.8) is 0 Å². The highest BCUT2D eigenvalue weighted by molar-refractivity contribution is 7.89. The van der Waals surface area contributed by atoms with E-state index in [1.165, 1.54) is 12.1 Å². The van der Waals surface area contributed by atoms with Crippen LogP contribution in [0.5, 0.6) is 0 Å². The van der Waals surface area contributed by atoms with Gasteiger partial charge in [0.15, 0.2) is 0 Å². The van der Waals surface area contributed by atoms with Crippen LogP contribution in [0, 0.1) is 15.5 Å². The molecule has 8 nitrogen and oxygen atoms in total. The van der Waals surface area contributed by atoms with Crippen LogP contribution in [0.2, 0.25) is 0 Å². The number of anilines is 1. The van der Waals surface area contributed by atoms with Gasteiger partial charge >= 0.3 is 0 Å². The lowest BCUT2D eigenvalue weighted by molar-refractivity contribution is -0.385. The molecule has 0 aliphatic heterocycles. The van der Waals surface area contributed by atoms with Gasteiger partial charge in [-0.2, -0.15) is 0 Å². The third-order valence-electron chi connectivity index (χ3n) is 5.21. The quantitative estimate of drug-likeness (QED) is 0.594. The van der Waals surface area contributed by atoms with Crippen molar-refractivity contribution in [3.8, 4) is 0 Å². The molecule has 2 aliphatic rings. The number of nitrogens with zero attached hydrogens (tertiary/aromatic N) is 1. The highest BCUT2D eigenvalue weighted by Crippen LogP contribution is 2.58. The topological polar surface area (TPSA) is 125 Å². The summed E-state index contributed by atoms with van der Waals surface area (Å²) in [5.41, 5.74) is 0.161. The molecule has 0 bridgehead atoms. The molecule has 2 unspecified atom stereocenters. The SMILES string of the molecule is CCOC1CC(Nc2cc([N+](=O)[O-])cc(S(N)(=O)=O)c2)C12CCC2. The van der Waals surface area contributed by atoms with Gasteiger partial charge < -0.3 is 10.1 Å². The Morgan fingerprint density at radius 2 is 2.12 bits per heavy atom. The molecular weight excluding hydrogens is 334 g/mol. The largest absolute Gasteiger partial charge is 0.381 e. The summed E-state index contributed by atoms with van der Waals surface area (Å²) >= 11 is 0. The lowest BCUT2D eigenvalue weighted by Crippen LogP contribution is -2.64. The van der Waals surface area contributed by atoms with Gasteiger partial charge in [0.2, 0.25) is 10.0 Å². The number of primary sulfonamides is 1. The van der Waals surface area contributed by atoms with E-state index in [-0.39, 0.29) is 28.1 Å². The molecule has 0 radical (unpaired) electrons. The molecule has 24 heavy (non-hydrogen) atoms. The van der Waals surface area contributed by atoms with Crippen LogP contribution < -0.4 is 10.5 Å². The van der Waals surface area contributed by atoms with E-state index < -0.39 is 14.9 Å². The fraction of sp³-hybridized carbons (Fsp3) is 0.600. The van der Waals surface area contributed by atoms with Gasteiger partial charge in [0.05, 0.1) is 15.9 Å². The van der Waals surface area contributed by atoms with Crippen molar-refractivity contribution in [2.24, 2.45) is 10.6 Å². The minimum atomic E-state index is -4.01. The minimum Gasteiger partial charge on any atom is -0.381 e. The number of benzene rings is 1. The number of hydrogen-bond donors (Lipinski definition) is 2. The Hall–Kier alpha value is -1.71. The van der Waals surface area contributed by atoms with Crippen LogP contribution in [0.15, 0.2) is 23.1 Å². The lowest BCUT2D eigenvalue weighted by atomic mass is 9.51. The maximum Gasteiger partial charge on any atom is 0.272 e. The maximum atomic E-state index is 11.6. The molecule has 3 N–H and O–H groups in total. The van der Waals surface area contributed by atoms with Gasteiger partial charge in [-0.1, -0.05) is 6.42 Å². The van der Waals surface area contributed by atoms with Crippen molar-refractivity contribution >= 4 is 21.4 Å². The van der Waals surface area contributed by atoms with E-state index in [2.05, 4.69) is 5.32 Å². The fourth-order valence-corrected chi connectivity index (χ4v) is 4.35. The summed E-state index contributed by atoms with van der Waals surface area (Å²) in [5, 5.41) is 19.4. The van der Waals surface area contributed by atoms with Gasteiger partial charge in [-0.3, -0.25) is 10.1 Å². The average molecular weight is 355 g/mol. The molecule has 1 aromatic rings. The van der Waals surface area contributed by atoms with E-state index >= 15 is 0 Å². The number of nitro groups is 1. The Labute approximate surface area is 140 Å². The lowest BCUT2D eigenvalue weighted by Gasteiger charge is -2.61. The molecule has 2 atom stereocenters. The van der Waals surface area contributed by atoms with Crippen molar-refractivity contribution < 1.29 is 18.1 Å². The second-order valence-electron chi connectivity index (χ2n) is 6.48. The number of rotatable bonds is 6. The number of non-ortho nitro benzene ring substituents is 1. The Morgan fingerprint density at radius 3 is 2.62 bits per heavy atom. The van der Waals surface area contributed by atoms with Crippen molar-refractivity contribution in [1.29, 1.82) is 0 Å². The van der Waals surface area contributed by atoms with E-state index in [4.69, 9.17) is 9.88 Å². The molecule has 0 heterocycles. The molecule has 0 saturated heterocycles. The summed E-state index contributed by atoms with van der Waals surface area (Å²) in [4.78, 5) is 10.2. The fourth-order valence-electron chi connectivity index (χ4n) is 3.78. The first-order valence-corrected chi connectivity index (χ1v) is 9.51. The molecule has 3 rings (SSSR count). The molecule has 9 heteroatoms. The van der Waals surface area contributed by atoms with E-state index in [1.54, 1.807) is 0 Å². The van der Waals surface area contributed by atoms with Gasteiger partial charge in [-0.25, -0.2) is 13.6 Å². The number of hydrogen-bond acceptors (Lipinski definition) is 6. The first-order chi connectivity index (χ1) is 11.3. The van der Waals surface area contributed by atoms with Crippen molar-refractivity contribution in [3.05, 3.63) is 28.3 Å². The number of nitrogens with two attached hydrogens (primary N) is 1. The summed E-state index contributed by atoms with van der Waals surface area (Å²) in [5.74, 6) is 0. The van der Waals surface area contributed by atoms with E-state index in [9.17, 15) is 18.5 Å². The first kappa shape index (κ1) is 17.1. The van der Waals surface area contributed by atoms with Gasteiger partial charge in [-0.15, -0.1) is 0 Å². The first-order valence-electron chi connectivity index (χ1n) is 7.97. The minimum absolute atomic E-state index is 0.0579. The van der Waals surface area contributed by atoms with Crippen molar-refractivity contribution in [1.82, 2.24) is 0 Å². The third kappa shape index (κ3) is 2.87. The molecule has 0 amide bonds. The number of sulfonamides is 1. The second kappa shape index (κ2) is 5.98. The molecule has 1 spiro atoms. The summed E-state index contributed by atoms with van der Waals surface area (Å²) in [6, 6.07) is 3.79. The number of nitrogens with one attached hydrogen (secondary N) is 1. The smallest absolute Gasteiger partial charge is 0.272 e. The maximum absolute atomic E-state index is 11.6. The molecular formula is C15H21N3O5S. The molecule has 2 aliphatic carbocycles. The van der Waals surface area contributed by atoms with Crippen LogP contribution in [0.25, 0.3) is 0 Å². The molecule has 1 aromatic carbocycles. The predicted octanol–water partition coefficient (Wildman–Crippen LogP) is 2.00. The van der Waals surface area contributed by atoms with E-state index in [1.807, 2.05) is 6.92 Å². The summed E-state index contributed by atoms with van der Waals surface area (Å²) in [6.45, 7) is 2.62. The Balaban J connectivity index is 1.85. The van der Waals surface area contributed by atoms with Gasteiger partial charge in [0.1, 0.15) is 0 Å². The summed E-state index contributed by atoms with van der Waals surface area (Å²) in [6.07, 6.45) is 4.24. The molecule has 132 valence electrons. The Kier molecular flexibility index (Phi) is 4.27. The van der Waals surface area contributed by atoms with Gasteiger partial charge in [-0.05, 0) is 32.3 Å². The third-order valence-corrected chi connectivity index (χ3v) is 6.10.